The molecule has 1 aliphatic rings. The zero-order valence-corrected chi connectivity index (χ0v) is 20.9. The minimum atomic E-state index is -5.05. The number of aromatic amines is 2. The molecule has 1 fully saturated rings. The number of aromatic nitrogens is 5. The summed E-state index contributed by atoms with van der Waals surface area (Å²) in [6, 6.07) is 7.92. The lowest BCUT2D eigenvalue weighted by Crippen LogP contribution is -2.55. The Kier molecular flexibility index (Phi) is 7.89. The number of hydrogen-bond acceptors (Lipinski definition) is 5. The molecule has 15 heteroatoms. The van der Waals surface area contributed by atoms with Gasteiger partial charge in [-0.15, -0.1) is 22.6 Å². The summed E-state index contributed by atoms with van der Waals surface area (Å²) in [6.45, 7) is 1.01. The predicted octanol–water partition coefficient (Wildman–Crippen LogP) is 4.71. The number of H-pyrrole nitrogens is 2. The van der Waals surface area contributed by atoms with E-state index in [2.05, 4.69) is 25.6 Å². The quantitative estimate of drug-likeness (QED) is 0.337. The van der Waals surface area contributed by atoms with Crippen molar-refractivity contribution in [2.45, 2.75) is 31.4 Å². The second-order valence-corrected chi connectivity index (χ2v) is 9.07. The number of nitrogens with zero attached hydrogens (tertiary/aromatic N) is 5. The van der Waals surface area contributed by atoms with Crippen LogP contribution in [0.15, 0.2) is 48.7 Å². The van der Waals surface area contributed by atoms with Crippen LogP contribution in [0.1, 0.15) is 32.9 Å². The fraction of sp³-hybridized carbons (Fsp3) is 0.333. The van der Waals surface area contributed by atoms with Gasteiger partial charge in [0.15, 0.2) is 5.82 Å². The lowest BCUT2D eigenvalue weighted by molar-refractivity contribution is -0.143. The van der Waals surface area contributed by atoms with Crippen molar-refractivity contribution in [3.8, 4) is 0 Å². The van der Waals surface area contributed by atoms with Gasteiger partial charge in [0.05, 0.1) is 17.7 Å². The fourth-order valence-electron chi connectivity index (χ4n) is 4.75. The number of alkyl halides is 6. The van der Waals surface area contributed by atoms with Crippen LogP contribution in [0.3, 0.4) is 0 Å². The number of nitrogens with one attached hydrogen (secondary N) is 2. The van der Waals surface area contributed by atoms with E-state index in [0.717, 1.165) is 16.5 Å². The zero-order valence-electron chi connectivity index (χ0n) is 20.1. The van der Waals surface area contributed by atoms with E-state index in [-0.39, 0.29) is 25.0 Å². The third kappa shape index (κ3) is 6.17. The van der Waals surface area contributed by atoms with Crippen molar-refractivity contribution in [1.29, 1.82) is 0 Å². The van der Waals surface area contributed by atoms with Gasteiger partial charge in [0.2, 0.25) is 0 Å². The number of piperazine rings is 1. The van der Waals surface area contributed by atoms with Crippen molar-refractivity contribution in [2.75, 3.05) is 19.6 Å². The molecule has 0 spiro atoms. The first-order valence-electron chi connectivity index (χ1n) is 11.6. The van der Waals surface area contributed by atoms with Crippen LogP contribution in [0.25, 0.3) is 10.9 Å². The first-order valence-corrected chi connectivity index (χ1v) is 11.6. The number of tetrazole rings is 1. The average molecular weight is 574 g/mol. The van der Waals surface area contributed by atoms with Crippen molar-refractivity contribution in [3.05, 3.63) is 76.7 Å². The topological polar surface area (TPSA) is 93.8 Å². The fourth-order valence-corrected chi connectivity index (χ4v) is 4.75. The summed E-state index contributed by atoms with van der Waals surface area (Å²) < 4.78 is 80.6. The van der Waals surface area contributed by atoms with E-state index >= 15 is 0 Å². The molecule has 2 aromatic carbocycles. The van der Waals surface area contributed by atoms with Crippen molar-refractivity contribution >= 4 is 29.2 Å². The average Bonchev–Trinajstić information content (AvgIpc) is 3.53. The van der Waals surface area contributed by atoms with Crippen LogP contribution in [0.2, 0.25) is 0 Å². The minimum Gasteiger partial charge on any atom is -0.361 e. The van der Waals surface area contributed by atoms with E-state index in [1.165, 1.54) is 4.90 Å². The van der Waals surface area contributed by atoms with Gasteiger partial charge in [0.25, 0.3) is 5.91 Å². The zero-order chi connectivity index (χ0) is 27.1. The maximum Gasteiger partial charge on any atom is 0.416 e. The Morgan fingerprint density at radius 2 is 1.69 bits per heavy atom. The maximum absolute atomic E-state index is 13.5. The Morgan fingerprint density at radius 3 is 2.33 bits per heavy atom. The van der Waals surface area contributed by atoms with Crippen LogP contribution < -0.4 is 0 Å². The number of carbonyl (C=O) groups is 1. The van der Waals surface area contributed by atoms with Gasteiger partial charge in [0, 0.05) is 48.3 Å². The van der Waals surface area contributed by atoms with Gasteiger partial charge in [-0.05, 0) is 36.2 Å². The molecule has 1 atom stereocenters. The Morgan fingerprint density at radius 1 is 1.00 bits per heavy atom. The Balaban J connectivity index is 0.00000353. The summed E-state index contributed by atoms with van der Waals surface area (Å²) in [5.74, 6) is -0.478. The van der Waals surface area contributed by atoms with Crippen molar-refractivity contribution < 1.29 is 31.1 Å². The SMILES string of the molecule is Cl.O=C(c1cc(C(F)(F)F)cc(C(F)(F)F)c1)N1CCN(Cc2nn[nH]n2)C[C@H]1Cc1c[nH]c2ccccc12. The van der Waals surface area contributed by atoms with E-state index in [0.29, 0.717) is 44.0 Å². The molecule has 1 amide bonds. The number of halogens is 7. The predicted molar refractivity (Wildman–Crippen MR) is 130 cm³/mol. The number of carbonyl (C=O) groups excluding carboxylic acids is 1. The van der Waals surface area contributed by atoms with Gasteiger partial charge in [-0.2, -0.15) is 31.6 Å². The monoisotopic (exact) mass is 573 g/mol. The van der Waals surface area contributed by atoms with E-state index in [9.17, 15) is 31.1 Å². The second-order valence-electron chi connectivity index (χ2n) is 9.07. The van der Waals surface area contributed by atoms with Crippen molar-refractivity contribution in [2.24, 2.45) is 0 Å². The Labute approximate surface area is 223 Å². The lowest BCUT2D eigenvalue weighted by Gasteiger charge is -2.41. The molecule has 1 saturated heterocycles. The normalized spacial score (nSPS) is 16.9. The van der Waals surface area contributed by atoms with Crippen molar-refractivity contribution in [3.63, 3.8) is 0 Å². The first-order chi connectivity index (χ1) is 18.0. The molecule has 1 aliphatic heterocycles. The van der Waals surface area contributed by atoms with E-state index < -0.39 is 41.0 Å². The number of rotatable bonds is 5. The van der Waals surface area contributed by atoms with E-state index in [1.807, 2.05) is 29.2 Å². The number of hydrogen-bond donors (Lipinski definition) is 2. The molecular formula is C24H22ClF6N7O. The second kappa shape index (κ2) is 10.8. The smallest absolute Gasteiger partial charge is 0.361 e. The van der Waals surface area contributed by atoms with Gasteiger partial charge in [-0.1, -0.05) is 23.4 Å². The summed E-state index contributed by atoms with van der Waals surface area (Å²) >= 11 is 0. The third-order valence-corrected chi connectivity index (χ3v) is 6.55. The summed E-state index contributed by atoms with van der Waals surface area (Å²) in [6.07, 6.45) is -7.99. The highest BCUT2D eigenvalue weighted by atomic mass is 35.5. The molecule has 4 aromatic rings. The highest BCUT2D eigenvalue weighted by molar-refractivity contribution is 5.95. The minimum absolute atomic E-state index is 0. The molecule has 2 N–H and O–H groups in total. The molecule has 2 aromatic heterocycles. The molecule has 5 rings (SSSR count). The number of para-hydroxylation sites is 1. The highest BCUT2D eigenvalue weighted by Gasteiger charge is 2.39. The summed E-state index contributed by atoms with van der Waals surface area (Å²) in [4.78, 5) is 20.0. The van der Waals surface area contributed by atoms with E-state index in [4.69, 9.17) is 0 Å². The molecule has 0 radical (unpaired) electrons. The lowest BCUT2D eigenvalue weighted by atomic mass is 9.98. The summed E-state index contributed by atoms with van der Waals surface area (Å²) in [5, 5.41) is 14.7. The van der Waals surface area contributed by atoms with Gasteiger partial charge < -0.3 is 9.88 Å². The first kappa shape index (κ1) is 28.4. The summed E-state index contributed by atoms with van der Waals surface area (Å²) in [5.41, 5.74) is -1.99. The van der Waals surface area contributed by atoms with Crippen LogP contribution in [0.5, 0.6) is 0 Å². The number of amides is 1. The molecule has 0 unspecified atom stereocenters. The van der Waals surface area contributed by atoms with Crippen LogP contribution >= 0.6 is 12.4 Å². The van der Waals surface area contributed by atoms with Gasteiger partial charge >= 0.3 is 12.4 Å². The molecule has 8 nitrogen and oxygen atoms in total. The third-order valence-electron chi connectivity index (χ3n) is 6.55. The van der Waals surface area contributed by atoms with Crippen LogP contribution in [-0.4, -0.2) is 67.0 Å². The molecule has 0 saturated carbocycles. The highest BCUT2D eigenvalue weighted by Crippen LogP contribution is 2.37. The maximum atomic E-state index is 13.5. The molecular weight excluding hydrogens is 552 g/mol. The van der Waals surface area contributed by atoms with Gasteiger partial charge in [0.1, 0.15) is 0 Å². The number of benzene rings is 2. The molecule has 208 valence electrons. The Bertz CT molecular complexity index is 1400. The largest absolute Gasteiger partial charge is 0.416 e. The van der Waals surface area contributed by atoms with Crippen LogP contribution in [0.4, 0.5) is 26.3 Å². The molecule has 0 bridgehead atoms. The van der Waals surface area contributed by atoms with Crippen molar-refractivity contribution in [1.82, 2.24) is 35.4 Å². The Hall–Kier alpha value is -3.65. The van der Waals surface area contributed by atoms with E-state index in [1.54, 1.807) is 6.20 Å². The van der Waals surface area contributed by atoms with Gasteiger partial charge in [-0.3, -0.25) is 9.69 Å². The molecule has 0 aliphatic carbocycles. The van der Waals surface area contributed by atoms with Crippen LogP contribution in [-0.2, 0) is 25.3 Å². The number of fused-ring (bicyclic) bond motifs is 1. The van der Waals surface area contributed by atoms with Crippen LogP contribution in [0, 0.1) is 0 Å². The standard InChI is InChI=1S/C24H21F6N7O.ClH/c25-23(26,27)16-7-14(8-17(10-16)24(28,29)30)22(38)37-6-5-36(13-21-32-34-35-33-21)12-18(37)9-15-11-31-20-4-2-1-3-19(15)20;/h1-4,7-8,10-11,18,31H,5-6,9,12-13H2,(H,32,33,34,35);1H/t18-;/m1./s1. The van der Waals surface area contributed by atoms with Gasteiger partial charge in [-0.25, -0.2) is 0 Å². The summed E-state index contributed by atoms with van der Waals surface area (Å²) in [7, 11) is 0. The molecule has 39 heavy (non-hydrogen) atoms. The molecule has 3 heterocycles.